The molecule has 1 rings (SSSR count). The predicted octanol–water partition coefficient (Wildman–Crippen LogP) is 4.28. The van der Waals surface area contributed by atoms with Crippen molar-refractivity contribution in [3.8, 4) is 11.5 Å². The summed E-state index contributed by atoms with van der Waals surface area (Å²) in [4.78, 5) is 2.24. The number of phenolic OH excluding ortho intramolecular Hbond substituents is 2. The number of anilines is 1. The second-order valence-electron chi connectivity index (χ2n) is 5.07. The van der Waals surface area contributed by atoms with E-state index in [2.05, 4.69) is 18.7 Å². The van der Waals surface area contributed by atoms with E-state index in [9.17, 15) is 10.2 Å². The number of rotatable bonds is 9. The predicted molar refractivity (Wildman–Crippen MR) is 81.0 cm³/mol. The molecular weight excluding hydrogens is 238 g/mol. The lowest BCUT2D eigenvalue weighted by Crippen LogP contribution is -2.25. The Kier molecular flexibility index (Phi) is 7.16. The van der Waals surface area contributed by atoms with E-state index < -0.39 is 0 Å². The van der Waals surface area contributed by atoms with E-state index in [1.807, 2.05) is 6.07 Å². The topological polar surface area (TPSA) is 43.7 Å². The minimum atomic E-state index is 0.114. The lowest BCUT2D eigenvalue weighted by Gasteiger charge is -2.25. The molecule has 0 unspecified atom stereocenters. The van der Waals surface area contributed by atoms with Crippen LogP contribution in [0.4, 0.5) is 5.69 Å². The van der Waals surface area contributed by atoms with Gasteiger partial charge in [0.2, 0.25) is 0 Å². The first kappa shape index (κ1) is 15.7. The minimum Gasteiger partial charge on any atom is -0.508 e. The Balaban J connectivity index is 2.69. The van der Waals surface area contributed by atoms with Crippen LogP contribution in [0.15, 0.2) is 18.2 Å². The fourth-order valence-corrected chi connectivity index (χ4v) is 2.24. The average Bonchev–Trinajstić information content (AvgIpc) is 2.38. The molecule has 0 aliphatic rings. The van der Waals surface area contributed by atoms with E-state index in [0.29, 0.717) is 0 Å². The lowest BCUT2D eigenvalue weighted by molar-refractivity contribution is 0.449. The second-order valence-corrected chi connectivity index (χ2v) is 5.07. The molecule has 2 N–H and O–H groups in total. The van der Waals surface area contributed by atoms with Crippen molar-refractivity contribution in [3.63, 3.8) is 0 Å². The zero-order valence-corrected chi connectivity index (χ0v) is 12.2. The molecule has 3 heteroatoms. The van der Waals surface area contributed by atoms with Gasteiger partial charge in [-0.1, -0.05) is 39.5 Å². The summed E-state index contributed by atoms with van der Waals surface area (Å²) < 4.78 is 0. The maximum absolute atomic E-state index is 9.97. The number of hydrogen-bond donors (Lipinski definition) is 2. The van der Waals surface area contributed by atoms with Gasteiger partial charge in [-0.05, 0) is 25.0 Å². The maximum Gasteiger partial charge on any atom is 0.142 e. The third-order valence-corrected chi connectivity index (χ3v) is 3.36. The van der Waals surface area contributed by atoms with Crippen LogP contribution in [0, 0.1) is 0 Å². The molecular formula is C16H27NO2. The van der Waals surface area contributed by atoms with Gasteiger partial charge in [0.25, 0.3) is 0 Å². The van der Waals surface area contributed by atoms with Gasteiger partial charge in [0.1, 0.15) is 11.5 Å². The zero-order valence-electron chi connectivity index (χ0n) is 12.2. The second kappa shape index (κ2) is 8.68. The lowest BCUT2D eigenvalue weighted by atomic mass is 10.1. The van der Waals surface area contributed by atoms with Crippen molar-refractivity contribution in [2.75, 3.05) is 18.0 Å². The highest BCUT2D eigenvalue weighted by molar-refractivity contribution is 5.60. The van der Waals surface area contributed by atoms with Crippen LogP contribution >= 0.6 is 0 Å². The van der Waals surface area contributed by atoms with Crippen LogP contribution in [-0.2, 0) is 0 Å². The van der Waals surface area contributed by atoms with Crippen molar-refractivity contribution in [2.24, 2.45) is 0 Å². The molecule has 1 aromatic carbocycles. The third kappa shape index (κ3) is 5.41. The van der Waals surface area contributed by atoms with Crippen LogP contribution in [0.3, 0.4) is 0 Å². The Morgan fingerprint density at radius 3 is 1.95 bits per heavy atom. The van der Waals surface area contributed by atoms with Crippen molar-refractivity contribution in [1.29, 1.82) is 0 Å². The molecule has 108 valence electrons. The number of nitrogens with zero attached hydrogens (tertiary/aromatic N) is 1. The number of phenols is 2. The molecule has 1 aromatic rings. The Labute approximate surface area is 116 Å². The van der Waals surface area contributed by atoms with Crippen LogP contribution < -0.4 is 4.90 Å². The van der Waals surface area contributed by atoms with Crippen molar-refractivity contribution < 1.29 is 10.2 Å². The summed E-state index contributed by atoms with van der Waals surface area (Å²) in [6.45, 7) is 6.32. The number of benzene rings is 1. The fourth-order valence-electron chi connectivity index (χ4n) is 2.24. The van der Waals surface area contributed by atoms with Crippen LogP contribution in [0.25, 0.3) is 0 Å². The van der Waals surface area contributed by atoms with Gasteiger partial charge in [-0.3, -0.25) is 0 Å². The standard InChI is InChI=1S/C16H27NO2/c1-3-5-7-11-17(12-8-6-4-2)15-10-9-14(18)13-16(15)19/h9-10,13,18-19H,3-8,11-12H2,1-2H3. The SMILES string of the molecule is CCCCCN(CCCCC)c1ccc(O)cc1O. The highest BCUT2D eigenvalue weighted by atomic mass is 16.3. The first-order valence-corrected chi connectivity index (χ1v) is 7.46. The molecule has 0 saturated heterocycles. The van der Waals surface area contributed by atoms with E-state index in [1.165, 1.54) is 31.7 Å². The van der Waals surface area contributed by atoms with Gasteiger partial charge >= 0.3 is 0 Å². The van der Waals surface area contributed by atoms with Crippen LogP contribution in [0.1, 0.15) is 52.4 Å². The highest BCUT2D eigenvalue weighted by Crippen LogP contribution is 2.31. The van der Waals surface area contributed by atoms with Crippen molar-refractivity contribution >= 4 is 5.69 Å². The summed E-state index contributed by atoms with van der Waals surface area (Å²) in [5.74, 6) is 0.288. The molecule has 0 aliphatic carbocycles. The Bertz CT molecular complexity index is 356. The van der Waals surface area contributed by atoms with Crippen molar-refractivity contribution in [1.82, 2.24) is 0 Å². The van der Waals surface area contributed by atoms with E-state index >= 15 is 0 Å². The molecule has 3 nitrogen and oxygen atoms in total. The maximum atomic E-state index is 9.97. The van der Waals surface area contributed by atoms with E-state index in [4.69, 9.17) is 0 Å². The molecule has 0 bridgehead atoms. The Morgan fingerprint density at radius 1 is 0.895 bits per heavy atom. The molecule has 0 amide bonds. The summed E-state index contributed by atoms with van der Waals surface area (Å²) >= 11 is 0. The molecule has 0 saturated carbocycles. The molecule has 0 aromatic heterocycles. The zero-order chi connectivity index (χ0) is 14.1. The van der Waals surface area contributed by atoms with Gasteiger partial charge in [-0.25, -0.2) is 0 Å². The monoisotopic (exact) mass is 265 g/mol. The summed E-state index contributed by atoms with van der Waals surface area (Å²) in [7, 11) is 0. The summed E-state index contributed by atoms with van der Waals surface area (Å²) in [5.41, 5.74) is 0.838. The fraction of sp³-hybridized carbons (Fsp3) is 0.625. The van der Waals surface area contributed by atoms with Crippen molar-refractivity contribution in [3.05, 3.63) is 18.2 Å². The number of hydrogen-bond acceptors (Lipinski definition) is 3. The largest absolute Gasteiger partial charge is 0.508 e. The van der Waals surface area contributed by atoms with Gasteiger partial charge in [-0.15, -0.1) is 0 Å². The highest BCUT2D eigenvalue weighted by Gasteiger charge is 2.11. The molecule has 19 heavy (non-hydrogen) atoms. The quantitative estimate of drug-likeness (QED) is 0.655. The smallest absolute Gasteiger partial charge is 0.142 e. The van der Waals surface area contributed by atoms with Gasteiger partial charge in [0.05, 0.1) is 5.69 Å². The molecule has 0 spiro atoms. The molecule has 0 atom stereocenters. The molecule has 0 fully saturated rings. The number of aromatic hydroxyl groups is 2. The average molecular weight is 265 g/mol. The van der Waals surface area contributed by atoms with Gasteiger partial charge in [-0.2, -0.15) is 0 Å². The van der Waals surface area contributed by atoms with Gasteiger partial charge < -0.3 is 15.1 Å². The van der Waals surface area contributed by atoms with Crippen LogP contribution in [-0.4, -0.2) is 23.3 Å². The van der Waals surface area contributed by atoms with Crippen LogP contribution in [0.2, 0.25) is 0 Å². The number of unbranched alkanes of at least 4 members (excludes halogenated alkanes) is 4. The van der Waals surface area contributed by atoms with Gasteiger partial charge in [0, 0.05) is 19.2 Å². The molecule has 0 aliphatic heterocycles. The normalized spacial score (nSPS) is 10.6. The summed E-state index contributed by atoms with van der Waals surface area (Å²) in [6, 6.07) is 4.87. The van der Waals surface area contributed by atoms with Crippen molar-refractivity contribution in [2.45, 2.75) is 52.4 Å². The van der Waals surface area contributed by atoms with E-state index in [0.717, 1.165) is 31.6 Å². The van der Waals surface area contributed by atoms with E-state index in [1.54, 1.807) is 6.07 Å². The molecule has 0 heterocycles. The molecule has 0 radical (unpaired) electrons. The third-order valence-electron chi connectivity index (χ3n) is 3.36. The van der Waals surface area contributed by atoms with Gasteiger partial charge in [0.15, 0.2) is 0 Å². The van der Waals surface area contributed by atoms with Crippen LogP contribution in [0.5, 0.6) is 11.5 Å². The van der Waals surface area contributed by atoms with E-state index in [-0.39, 0.29) is 11.5 Å². The summed E-state index contributed by atoms with van der Waals surface area (Å²) in [5, 5.41) is 19.3. The minimum absolute atomic E-state index is 0.114. The first-order valence-electron chi connectivity index (χ1n) is 7.46. The Morgan fingerprint density at radius 2 is 1.47 bits per heavy atom. The first-order chi connectivity index (χ1) is 9.19. The Hall–Kier alpha value is -1.38. The summed E-state index contributed by atoms with van der Waals surface area (Å²) in [6.07, 6.45) is 7.10.